The molecule has 1 aliphatic carbocycles. The molecular formula is C31H32N3O3+. The second-order valence-electron chi connectivity index (χ2n) is 11.4. The number of fused-ring (bicyclic) bond motifs is 3. The van der Waals surface area contributed by atoms with E-state index in [1.807, 2.05) is 32.2 Å². The number of benzene rings is 2. The normalized spacial score (nSPS) is 30.4. The molecule has 2 N–H and O–H groups in total. The Morgan fingerprint density at radius 1 is 1.24 bits per heavy atom. The van der Waals surface area contributed by atoms with Crippen molar-refractivity contribution >= 4 is 28.7 Å². The molecule has 2 bridgehead atoms. The van der Waals surface area contributed by atoms with Gasteiger partial charge in [0.15, 0.2) is 0 Å². The fourth-order valence-corrected chi connectivity index (χ4v) is 8.42. The summed E-state index contributed by atoms with van der Waals surface area (Å²) in [6.45, 7) is 6.17. The molecule has 3 aliphatic heterocycles. The third-order valence-electron chi connectivity index (χ3n) is 10.1. The summed E-state index contributed by atoms with van der Waals surface area (Å²) in [5, 5.41) is 15.3. The van der Waals surface area contributed by atoms with Crippen LogP contribution in [0.5, 0.6) is 5.75 Å². The molecule has 4 heterocycles. The van der Waals surface area contributed by atoms with Crippen LogP contribution in [0.4, 0.5) is 5.69 Å². The molecule has 37 heavy (non-hydrogen) atoms. The highest BCUT2D eigenvalue weighted by molar-refractivity contribution is 6.10. The lowest BCUT2D eigenvalue weighted by Crippen LogP contribution is -2.64. The summed E-state index contributed by atoms with van der Waals surface area (Å²) in [7, 11) is 2.03. The first kappa shape index (κ1) is 22.5. The van der Waals surface area contributed by atoms with E-state index in [9.17, 15) is 14.7 Å². The minimum atomic E-state index is -0.381. The zero-order valence-electron chi connectivity index (χ0n) is 21.5. The Morgan fingerprint density at radius 2 is 2.05 bits per heavy atom. The fraction of sp³-hybridized carbons (Fsp3) is 0.355. The largest absolute Gasteiger partial charge is 0.506 e. The van der Waals surface area contributed by atoms with Crippen molar-refractivity contribution in [2.75, 3.05) is 25.0 Å². The predicted molar refractivity (Wildman–Crippen MR) is 144 cm³/mol. The molecule has 2 saturated heterocycles. The number of anilines is 1. The highest BCUT2D eigenvalue weighted by atomic mass is 16.3. The number of piperidine rings is 1. The zero-order chi connectivity index (χ0) is 25.7. The standard InChI is InChI=1S/C31H31N3O3/c1-4-19-15-34(16-26(37)28-18(2)33(3)24-10-6-5-8-20(24)28)13-12-31-23-9-7-11-25(36)29(23)32-30(31)22(17-35)21(19)14-27(31)34/h4-11,17,21,27H,12-16H2,1-3H3,(H-,32,35,36)/p+1/b19-4-/t21-,27-,31+,34-/m0/s1. The number of allylic oxidation sites excluding steroid dienone is 2. The number of nitrogens with one attached hydrogen (secondary N) is 1. The van der Waals surface area contributed by atoms with Gasteiger partial charge in [0.05, 0.1) is 23.2 Å². The molecule has 0 amide bonds. The van der Waals surface area contributed by atoms with Crippen LogP contribution in [0.15, 0.2) is 65.4 Å². The first-order valence-corrected chi connectivity index (χ1v) is 13.2. The van der Waals surface area contributed by atoms with Crippen molar-refractivity contribution in [3.8, 4) is 5.75 Å². The maximum Gasteiger partial charge on any atom is 0.219 e. The van der Waals surface area contributed by atoms with Crippen molar-refractivity contribution in [2.45, 2.75) is 38.1 Å². The van der Waals surface area contributed by atoms with E-state index in [1.165, 1.54) is 5.57 Å². The van der Waals surface area contributed by atoms with Gasteiger partial charge in [0.25, 0.3) is 0 Å². The van der Waals surface area contributed by atoms with Crippen LogP contribution in [-0.2, 0) is 17.3 Å². The van der Waals surface area contributed by atoms with Crippen molar-refractivity contribution in [3.05, 3.63) is 82.2 Å². The first-order chi connectivity index (χ1) is 17.9. The van der Waals surface area contributed by atoms with Crippen molar-refractivity contribution in [1.29, 1.82) is 0 Å². The van der Waals surface area contributed by atoms with Gasteiger partial charge < -0.3 is 19.5 Å². The maximum atomic E-state index is 14.2. The smallest absolute Gasteiger partial charge is 0.219 e. The third kappa shape index (κ3) is 2.64. The quantitative estimate of drug-likeness (QED) is 0.180. The molecule has 4 atom stereocenters. The second-order valence-corrected chi connectivity index (χ2v) is 11.4. The Morgan fingerprint density at radius 3 is 2.84 bits per heavy atom. The number of nitrogens with zero attached hydrogens (tertiary/aromatic N) is 2. The number of aromatic hydroxyl groups is 1. The van der Waals surface area contributed by atoms with Crippen molar-refractivity contribution in [1.82, 2.24) is 4.57 Å². The summed E-state index contributed by atoms with van der Waals surface area (Å²) in [6, 6.07) is 14.0. The number of Topliss-reactive ketones (excluding diaryl/α,β-unsaturated/α-hetero) is 1. The average Bonchev–Trinajstić information content (AvgIpc) is 3.51. The number of hydrogen-bond acceptors (Lipinski definition) is 4. The van der Waals surface area contributed by atoms with Crippen LogP contribution < -0.4 is 5.32 Å². The van der Waals surface area contributed by atoms with E-state index < -0.39 is 0 Å². The molecule has 2 fully saturated rings. The molecule has 0 radical (unpaired) electrons. The number of hydrogen-bond donors (Lipinski definition) is 2. The van der Waals surface area contributed by atoms with Crippen LogP contribution in [0.2, 0.25) is 0 Å². The van der Waals surface area contributed by atoms with Gasteiger partial charge in [-0.3, -0.25) is 9.59 Å². The molecule has 7 rings (SSSR count). The molecule has 0 unspecified atom stereocenters. The van der Waals surface area contributed by atoms with Gasteiger partial charge in [-0.25, -0.2) is 0 Å². The minimum Gasteiger partial charge on any atom is -0.506 e. The van der Waals surface area contributed by atoms with Gasteiger partial charge in [0, 0.05) is 53.7 Å². The average molecular weight is 495 g/mol. The molecule has 2 aromatic carbocycles. The summed E-state index contributed by atoms with van der Waals surface area (Å²) in [4.78, 5) is 26.8. The van der Waals surface area contributed by atoms with Crippen molar-refractivity contribution < 1.29 is 19.2 Å². The topological polar surface area (TPSA) is 71.3 Å². The van der Waals surface area contributed by atoms with Crippen LogP contribution >= 0.6 is 0 Å². The maximum absolute atomic E-state index is 14.2. The number of rotatable bonds is 4. The van der Waals surface area contributed by atoms with Crippen molar-refractivity contribution in [2.24, 2.45) is 13.0 Å². The number of aldehydes is 1. The van der Waals surface area contributed by atoms with E-state index in [0.29, 0.717) is 11.0 Å². The van der Waals surface area contributed by atoms with Crippen molar-refractivity contribution in [3.63, 3.8) is 0 Å². The lowest BCUT2D eigenvalue weighted by atomic mass is 9.61. The molecule has 1 spiro atoms. The fourth-order valence-electron chi connectivity index (χ4n) is 8.42. The first-order valence-electron chi connectivity index (χ1n) is 13.2. The van der Waals surface area contributed by atoms with Gasteiger partial charge in [-0.05, 0) is 37.1 Å². The van der Waals surface area contributed by atoms with Gasteiger partial charge in [-0.1, -0.05) is 36.4 Å². The number of quaternary nitrogens is 1. The Balaban J connectivity index is 1.40. The Hall–Kier alpha value is -3.64. The highest BCUT2D eigenvalue weighted by Crippen LogP contribution is 2.64. The van der Waals surface area contributed by atoms with E-state index in [4.69, 9.17) is 0 Å². The van der Waals surface area contributed by atoms with Crippen LogP contribution in [0.25, 0.3) is 10.9 Å². The van der Waals surface area contributed by atoms with Gasteiger partial charge in [-0.15, -0.1) is 0 Å². The van der Waals surface area contributed by atoms with E-state index in [2.05, 4.69) is 41.1 Å². The van der Waals surface area contributed by atoms with Gasteiger partial charge in [-0.2, -0.15) is 0 Å². The number of aromatic nitrogens is 1. The summed E-state index contributed by atoms with van der Waals surface area (Å²) < 4.78 is 2.82. The summed E-state index contributed by atoms with van der Waals surface area (Å²) in [6.07, 6.45) is 4.87. The van der Waals surface area contributed by atoms with Crippen LogP contribution in [0, 0.1) is 12.8 Å². The van der Waals surface area contributed by atoms with Crippen LogP contribution in [0.3, 0.4) is 0 Å². The van der Waals surface area contributed by atoms with E-state index in [1.54, 1.807) is 6.07 Å². The number of aryl methyl sites for hydroxylation is 1. The number of carbonyl (C=O) groups is 2. The Kier molecular flexibility index (Phi) is 4.54. The lowest BCUT2D eigenvalue weighted by Gasteiger charge is -2.53. The third-order valence-corrected chi connectivity index (χ3v) is 10.1. The number of para-hydroxylation sites is 2. The Labute approximate surface area is 216 Å². The molecule has 0 saturated carbocycles. The van der Waals surface area contributed by atoms with Crippen LogP contribution in [-0.4, -0.2) is 51.9 Å². The minimum absolute atomic E-state index is 0.0540. The monoisotopic (exact) mass is 494 g/mol. The molecule has 188 valence electrons. The number of carbonyl (C=O) groups excluding carboxylic acids is 2. The molecule has 1 aromatic heterocycles. The van der Waals surface area contributed by atoms with Gasteiger partial charge >= 0.3 is 0 Å². The zero-order valence-corrected chi connectivity index (χ0v) is 21.5. The summed E-state index contributed by atoms with van der Waals surface area (Å²) >= 11 is 0. The lowest BCUT2D eigenvalue weighted by molar-refractivity contribution is -0.934. The molecule has 4 aliphatic rings. The van der Waals surface area contributed by atoms with E-state index >= 15 is 0 Å². The number of phenols is 1. The molecular weight excluding hydrogens is 462 g/mol. The van der Waals surface area contributed by atoms with Gasteiger partial charge in [0.1, 0.15) is 31.2 Å². The number of phenolic OH excluding ortho intramolecular Hbond substituents is 1. The molecule has 6 heteroatoms. The highest BCUT2D eigenvalue weighted by Gasteiger charge is 2.69. The van der Waals surface area contributed by atoms with Crippen LogP contribution in [0.1, 0.15) is 41.4 Å². The molecule has 6 nitrogen and oxygen atoms in total. The summed E-state index contributed by atoms with van der Waals surface area (Å²) in [5.41, 5.74) is 7.34. The molecule has 3 aromatic rings. The Bertz CT molecular complexity index is 1590. The summed E-state index contributed by atoms with van der Waals surface area (Å²) in [5.74, 6) is 0.458. The van der Waals surface area contributed by atoms with E-state index in [-0.39, 0.29) is 28.9 Å². The van der Waals surface area contributed by atoms with Gasteiger partial charge in [0.2, 0.25) is 5.78 Å². The number of ketones is 1. The SMILES string of the molecule is C/C=C1/C[N@+]2(CC(=O)c3c(C)n(C)c4ccccc34)CC[C@]34C(=C(C=O)[C@H]1C[C@@H]32)Nc1c(O)cccc14. The predicted octanol–water partition coefficient (Wildman–Crippen LogP) is 4.76. The van der Waals surface area contributed by atoms with E-state index in [0.717, 1.165) is 76.9 Å². The second kappa shape index (κ2) is 7.45.